The molecule has 0 aliphatic heterocycles. The Morgan fingerprint density at radius 2 is 1.67 bits per heavy atom. The fourth-order valence-corrected chi connectivity index (χ4v) is 1.05. The van der Waals surface area contributed by atoms with Gasteiger partial charge in [-0.1, -0.05) is 13.8 Å². The topological polar surface area (TPSA) is 115 Å². The maximum absolute atomic E-state index is 11.3. The number of hydrogen-bond acceptors (Lipinski definition) is 3. The Morgan fingerprint density at radius 1 is 1.13 bits per heavy atom. The van der Waals surface area contributed by atoms with Crippen molar-refractivity contribution in [1.82, 2.24) is 5.32 Å². The molecule has 0 saturated heterocycles. The van der Waals surface area contributed by atoms with Crippen molar-refractivity contribution in [3.05, 3.63) is 0 Å². The van der Waals surface area contributed by atoms with Crippen molar-refractivity contribution < 1.29 is 14.4 Å². The van der Waals surface area contributed by atoms with Crippen molar-refractivity contribution in [2.24, 2.45) is 17.4 Å². The molecule has 0 fully saturated rings. The van der Waals surface area contributed by atoms with Crippen LogP contribution in [0, 0.1) is 5.92 Å². The van der Waals surface area contributed by atoms with Crippen LogP contribution in [0.15, 0.2) is 0 Å². The number of carbonyl (C=O) groups excluding carboxylic acids is 3. The molecule has 0 heterocycles. The van der Waals surface area contributed by atoms with Crippen molar-refractivity contribution in [3.8, 4) is 0 Å². The number of amides is 3. The van der Waals surface area contributed by atoms with Crippen LogP contribution in [0.3, 0.4) is 0 Å². The SMILES string of the molecule is CC(C)CC(=O)NC(CC(N)=O)C(N)=O. The molecule has 1 unspecified atom stereocenters. The van der Waals surface area contributed by atoms with Gasteiger partial charge in [0, 0.05) is 6.42 Å². The third-order valence-electron chi connectivity index (χ3n) is 1.68. The molecule has 1 atom stereocenters. The molecule has 3 amide bonds. The summed E-state index contributed by atoms with van der Waals surface area (Å²) >= 11 is 0. The van der Waals surface area contributed by atoms with Crippen molar-refractivity contribution in [2.75, 3.05) is 0 Å². The van der Waals surface area contributed by atoms with Crippen LogP contribution in [0.5, 0.6) is 0 Å². The van der Waals surface area contributed by atoms with E-state index in [1.54, 1.807) is 0 Å². The van der Waals surface area contributed by atoms with Gasteiger partial charge in [0.15, 0.2) is 0 Å². The Hall–Kier alpha value is -1.59. The van der Waals surface area contributed by atoms with E-state index in [9.17, 15) is 14.4 Å². The monoisotopic (exact) mass is 215 g/mol. The van der Waals surface area contributed by atoms with Crippen LogP contribution in [0.1, 0.15) is 26.7 Å². The molecule has 0 aromatic rings. The zero-order valence-corrected chi connectivity index (χ0v) is 8.95. The van der Waals surface area contributed by atoms with Crippen LogP contribution < -0.4 is 16.8 Å². The second-order valence-corrected chi connectivity index (χ2v) is 3.79. The summed E-state index contributed by atoms with van der Waals surface area (Å²) in [4.78, 5) is 32.7. The van der Waals surface area contributed by atoms with Gasteiger partial charge in [-0.2, -0.15) is 0 Å². The van der Waals surface area contributed by atoms with Gasteiger partial charge < -0.3 is 16.8 Å². The fraction of sp³-hybridized carbons (Fsp3) is 0.667. The van der Waals surface area contributed by atoms with Crippen molar-refractivity contribution in [1.29, 1.82) is 0 Å². The van der Waals surface area contributed by atoms with E-state index in [0.29, 0.717) is 0 Å². The number of nitrogens with one attached hydrogen (secondary N) is 1. The van der Waals surface area contributed by atoms with E-state index in [1.807, 2.05) is 13.8 Å². The summed E-state index contributed by atoms with van der Waals surface area (Å²) in [6.45, 7) is 3.74. The predicted molar refractivity (Wildman–Crippen MR) is 54.4 cm³/mol. The van der Waals surface area contributed by atoms with Gasteiger partial charge in [-0.15, -0.1) is 0 Å². The highest BCUT2D eigenvalue weighted by Gasteiger charge is 2.20. The molecule has 0 rings (SSSR count). The number of primary amides is 2. The highest BCUT2D eigenvalue weighted by Crippen LogP contribution is 2.00. The minimum atomic E-state index is -1.01. The normalized spacial score (nSPS) is 12.2. The summed E-state index contributed by atoms with van der Waals surface area (Å²) in [6.07, 6.45) is 0.0156. The molecule has 0 aliphatic rings. The molecule has 15 heavy (non-hydrogen) atoms. The number of rotatable bonds is 6. The second kappa shape index (κ2) is 6.00. The minimum Gasteiger partial charge on any atom is -0.370 e. The van der Waals surface area contributed by atoms with Gasteiger partial charge in [-0.25, -0.2) is 0 Å². The van der Waals surface area contributed by atoms with Gasteiger partial charge >= 0.3 is 0 Å². The highest BCUT2D eigenvalue weighted by atomic mass is 16.2. The van der Waals surface area contributed by atoms with Crippen LogP contribution in [0.25, 0.3) is 0 Å². The average Bonchev–Trinajstić information content (AvgIpc) is 1.99. The lowest BCUT2D eigenvalue weighted by molar-refractivity contribution is -0.129. The third-order valence-corrected chi connectivity index (χ3v) is 1.68. The number of carbonyl (C=O) groups is 3. The van der Waals surface area contributed by atoms with E-state index in [-0.39, 0.29) is 24.7 Å². The van der Waals surface area contributed by atoms with Crippen molar-refractivity contribution in [3.63, 3.8) is 0 Å². The zero-order valence-electron chi connectivity index (χ0n) is 8.95. The van der Waals surface area contributed by atoms with E-state index in [4.69, 9.17) is 11.5 Å². The predicted octanol–water partition coefficient (Wildman–Crippen LogP) is -1.12. The average molecular weight is 215 g/mol. The van der Waals surface area contributed by atoms with Crippen LogP contribution in [-0.4, -0.2) is 23.8 Å². The molecule has 0 saturated carbocycles. The summed E-state index contributed by atoms with van der Waals surface area (Å²) in [5.41, 5.74) is 9.91. The van der Waals surface area contributed by atoms with Crippen LogP contribution in [0.2, 0.25) is 0 Å². The molecule has 5 N–H and O–H groups in total. The zero-order chi connectivity index (χ0) is 12.0. The third kappa shape index (κ3) is 6.48. The Kier molecular flexibility index (Phi) is 5.36. The molecule has 6 nitrogen and oxygen atoms in total. The summed E-state index contributed by atoms with van der Waals surface area (Å²) in [5.74, 6) is -1.57. The van der Waals surface area contributed by atoms with E-state index in [1.165, 1.54) is 0 Å². The molecular weight excluding hydrogens is 198 g/mol. The lowest BCUT2D eigenvalue weighted by Gasteiger charge is -2.14. The fourth-order valence-electron chi connectivity index (χ4n) is 1.05. The first kappa shape index (κ1) is 13.4. The quantitative estimate of drug-likeness (QED) is 0.521. The van der Waals surface area contributed by atoms with Crippen LogP contribution in [-0.2, 0) is 14.4 Å². The van der Waals surface area contributed by atoms with E-state index in [0.717, 1.165) is 0 Å². The smallest absolute Gasteiger partial charge is 0.240 e. The first-order valence-corrected chi connectivity index (χ1v) is 4.70. The standard InChI is InChI=1S/C9H17N3O3/c1-5(2)3-8(14)12-6(9(11)15)4-7(10)13/h5-6H,3-4H2,1-2H3,(H2,10,13)(H2,11,15)(H,12,14). The van der Waals surface area contributed by atoms with E-state index < -0.39 is 17.9 Å². The molecule has 0 bridgehead atoms. The maximum Gasteiger partial charge on any atom is 0.240 e. The Bertz CT molecular complexity index is 263. The van der Waals surface area contributed by atoms with Crippen molar-refractivity contribution in [2.45, 2.75) is 32.7 Å². The summed E-state index contributed by atoms with van der Waals surface area (Å²) < 4.78 is 0. The second-order valence-electron chi connectivity index (χ2n) is 3.79. The van der Waals surface area contributed by atoms with Crippen LogP contribution in [0.4, 0.5) is 0 Å². The van der Waals surface area contributed by atoms with E-state index >= 15 is 0 Å². The molecule has 0 aromatic heterocycles. The summed E-state index contributed by atoms with van der Waals surface area (Å²) in [7, 11) is 0. The van der Waals surface area contributed by atoms with Gasteiger partial charge in [0.1, 0.15) is 6.04 Å². The first-order chi connectivity index (χ1) is 6.82. The number of nitrogens with two attached hydrogens (primary N) is 2. The Morgan fingerprint density at radius 3 is 2.00 bits per heavy atom. The molecule has 0 aliphatic carbocycles. The minimum absolute atomic E-state index is 0.173. The van der Waals surface area contributed by atoms with E-state index in [2.05, 4.69) is 5.32 Å². The van der Waals surface area contributed by atoms with Crippen LogP contribution >= 0.6 is 0 Å². The Balaban J connectivity index is 4.22. The molecule has 0 aromatic carbocycles. The van der Waals surface area contributed by atoms with Gasteiger partial charge in [0.05, 0.1) is 6.42 Å². The number of hydrogen-bond donors (Lipinski definition) is 3. The Labute approximate surface area is 88.4 Å². The van der Waals surface area contributed by atoms with Crippen molar-refractivity contribution >= 4 is 17.7 Å². The molecule has 0 radical (unpaired) electrons. The molecular formula is C9H17N3O3. The molecule has 0 spiro atoms. The lowest BCUT2D eigenvalue weighted by atomic mass is 10.1. The van der Waals surface area contributed by atoms with Gasteiger partial charge in [-0.3, -0.25) is 14.4 Å². The molecule has 6 heteroatoms. The molecule has 86 valence electrons. The first-order valence-electron chi connectivity index (χ1n) is 4.70. The highest BCUT2D eigenvalue weighted by molar-refractivity contribution is 5.90. The van der Waals surface area contributed by atoms with Gasteiger partial charge in [-0.05, 0) is 5.92 Å². The van der Waals surface area contributed by atoms with Gasteiger partial charge in [0.2, 0.25) is 17.7 Å². The lowest BCUT2D eigenvalue weighted by Crippen LogP contribution is -2.46. The summed E-state index contributed by atoms with van der Waals surface area (Å²) in [5, 5.41) is 2.36. The largest absolute Gasteiger partial charge is 0.370 e. The maximum atomic E-state index is 11.3. The summed E-state index contributed by atoms with van der Waals surface area (Å²) in [6, 6.07) is -1.01. The van der Waals surface area contributed by atoms with Gasteiger partial charge in [0.25, 0.3) is 0 Å².